The lowest BCUT2D eigenvalue weighted by atomic mass is 10.0. The van der Waals surface area contributed by atoms with Gasteiger partial charge in [-0.3, -0.25) is 14.8 Å². The van der Waals surface area contributed by atoms with E-state index in [4.69, 9.17) is 0 Å². The molecule has 0 spiro atoms. The highest BCUT2D eigenvalue weighted by Crippen LogP contribution is 2.13. The summed E-state index contributed by atoms with van der Waals surface area (Å²) in [5, 5.41) is 5.63. The first kappa shape index (κ1) is 21.2. The van der Waals surface area contributed by atoms with Crippen LogP contribution in [0.5, 0.6) is 0 Å². The molecule has 3 rings (SSSR count). The number of pyridine rings is 2. The fourth-order valence-electron chi connectivity index (χ4n) is 2.99. The Labute approximate surface area is 176 Å². The van der Waals surface area contributed by atoms with E-state index in [9.17, 15) is 9.59 Å². The van der Waals surface area contributed by atoms with Crippen molar-refractivity contribution in [2.45, 2.75) is 39.7 Å². The van der Waals surface area contributed by atoms with Crippen molar-refractivity contribution in [1.82, 2.24) is 15.3 Å². The van der Waals surface area contributed by atoms with Gasteiger partial charge in [-0.05, 0) is 53.8 Å². The molecule has 2 amide bonds. The van der Waals surface area contributed by atoms with Gasteiger partial charge in [-0.25, -0.2) is 4.79 Å². The second kappa shape index (κ2) is 10.3. The number of aromatic nitrogens is 2. The van der Waals surface area contributed by atoms with E-state index in [1.54, 1.807) is 12.4 Å². The number of anilines is 1. The summed E-state index contributed by atoms with van der Waals surface area (Å²) in [4.78, 5) is 32.3. The molecule has 0 saturated heterocycles. The number of ketones is 1. The van der Waals surface area contributed by atoms with Crippen molar-refractivity contribution in [3.63, 3.8) is 0 Å². The molecule has 2 aromatic heterocycles. The maximum absolute atomic E-state index is 12.1. The van der Waals surface area contributed by atoms with Crippen LogP contribution in [0, 0.1) is 0 Å². The minimum atomic E-state index is -0.268. The fourth-order valence-corrected chi connectivity index (χ4v) is 2.99. The molecule has 1 aromatic carbocycles. The standard InChI is InChI=1S/C24H26N4O2/c1-3-20-9-10-21(16-26-20)28-24(30)27-15-18-7-5-17(6-8-18)13-19-11-12-25-22(14-19)23(29)4-2/h5-12,14,16H,3-4,13,15H2,1-2H3,(H2,27,28,30). The molecular weight excluding hydrogens is 376 g/mol. The van der Waals surface area contributed by atoms with Crippen molar-refractivity contribution in [2.24, 2.45) is 0 Å². The van der Waals surface area contributed by atoms with Gasteiger partial charge < -0.3 is 10.6 Å². The molecule has 0 aliphatic heterocycles. The normalized spacial score (nSPS) is 10.5. The highest BCUT2D eigenvalue weighted by atomic mass is 16.2. The van der Waals surface area contributed by atoms with Crippen LogP contribution in [0.2, 0.25) is 0 Å². The third-order valence-electron chi connectivity index (χ3n) is 4.76. The minimum absolute atomic E-state index is 0.0497. The average Bonchev–Trinajstić information content (AvgIpc) is 2.79. The van der Waals surface area contributed by atoms with Gasteiger partial charge in [0.1, 0.15) is 5.69 Å². The Morgan fingerprint density at radius 1 is 0.900 bits per heavy atom. The lowest BCUT2D eigenvalue weighted by Gasteiger charge is -2.09. The maximum Gasteiger partial charge on any atom is 0.319 e. The Kier molecular flexibility index (Phi) is 7.27. The number of nitrogens with zero attached hydrogens (tertiary/aromatic N) is 2. The van der Waals surface area contributed by atoms with Crippen LogP contribution < -0.4 is 10.6 Å². The third kappa shape index (κ3) is 5.98. The Morgan fingerprint density at radius 3 is 2.33 bits per heavy atom. The first-order chi connectivity index (χ1) is 14.6. The molecule has 0 aliphatic rings. The van der Waals surface area contributed by atoms with Crippen molar-refractivity contribution in [3.05, 3.63) is 89.0 Å². The molecule has 154 valence electrons. The van der Waals surface area contributed by atoms with Gasteiger partial charge in [0, 0.05) is 24.9 Å². The second-order valence-corrected chi connectivity index (χ2v) is 7.02. The van der Waals surface area contributed by atoms with Gasteiger partial charge in [-0.2, -0.15) is 0 Å². The van der Waals surface area contributed by atoms with Gasteiger partial charge in [0.2, 0.25) is 0 Å². The number of urea groups is 1. The molecule has 6 nitrogen and oxygen atoms in total. The number of amides is 2. The maximum atomic E-state index is 12.1. The molecule has 0 aliphatic carbocycles. The van der Waals surface area contributed by atoms with Crippen LogP contribution in [0.25, 0.3) is 0 Å². The molecule has 0 fully saturated rings. The average molecular weight is 402 g/mol. The Hall–Kier alpha value is -3.54. The Balaban J connectivity index is 1.51. The van der Waals surface area contributed by atoms with Crippen LogP contribution in [0.15, 0.2) is 60.9 Å². The van der Waals surface area contributed by atoms with Crippen molar-refractivity contribution in [1.29, 1.82) is 0 Å². The first-order valence-electron chi connectivity index (χ1n) is 10.1. The van der Waals surface area contributed by atoms with Crippen LogP contribution in [0.4, 0.5) is 10.5 Å². The molecule has 0 atom stereocenters. The molecule has 0 unspecified atom stereocenters. The SMILES string of the molecule is CCC(=O)c1cc(Cc2ccc(CNC(=O)Nc3ccc(CC)nc3)cc2)ccn1. The third-order valence-corrected chi connectivity index (χ3v) is 4.76. The summed E-state index contributed by atoms with van der Waals surface area (Å²) in [7, 11) is 0. The van der Waals surface area contributed by atoms with Crippen molar-refractivity contribution >= 4 is 17.5 Å². The second-order valence-electron chi connectivity index (χ2n) is 7.02. The molecule has 2 heterocycles. The van der Waals surface area contributed by atoms with E-state index in [0.29, 0.717) is 24.3 Å². The zero-order chi connectivity index (χ0) is 21.3. The first-order valence-corrected chi connectivity index (χ1v) is 10.1. The van der Waals surface area contributed by atoms with Gasteiger partial charge >= 0.3 is 6.03 Å². The molecule has 2 N–H and O–H groups in total. The summed E-state index contributed by atoms with van der Waals surface area (Å²) in [6.07, 6.45) is 5.38. The van der Waals surface area contributed by atoms with Gasteiger partial charge in [-0.15, -0.1) is 0 Å². The van der Waals surface area contributed by atoms with E-state index in [1.165, 1.54) is 0 Å². The predicted octanol–water partition coefficient (Wildman–Crippen LogP) is 4.54. The Morgan fingerprint density at radius 2 is 1.67 bits per heavy atom. The van der Waals surface area contributed by atoms with Gasteiger partial charge in [0.15, 0.2) is 5.78 Å². The molecule has 30 heavy (non-hydrogen) atoms. The summed E-state index contributed by atoms with van der Waals surface area (Å²) in [6.45, 7) is 4.30. The van der Waals surface area contributed by atoms with E-state index < -0.39 is 0 Å². The molecule has 0 radical (unpaired) electrons. The van der Waals surface area contributed by atoms with E-state index in [2.05, 4.69) is 20.6 Å². The summed E-state index contributed by atoms with van der Waals surface area (Å²) < 4.78 is 0. The van der Waals surface area contributed by atoms with E-state index in [1.807, 2.05) is 62.4 Å². The largest absolute Gasteiger partial charge is 0.334 e. The fraction of sp³-hybridized carbons (Fsp3) is 0.250. The number of carbonyl (C=O) groups is 2. The van der Waals surface area contributed by atoms with Crippen molar-refractivity contribution in [2.75, 3.05) is 5.32 Å². The molecule has 0 bridgehead atoms. The summed E-state index contributed by atoms with van der Waals surface area (Å²) >= 11 is 0. The minimum Gasteiger partial charge on any atom is -0.334 e. The van der Waals surface area contributed by atoms with E-state index in [-0.39, 0.29) is 11.8 Å². The van der Waals surface area contributed by atoms with Crippen molar-refractivity contribution < 1.29 is 9.59 Å². The van der Waals surface area contributed by atoms with Gasteiger partial charge in [-0.1, -0.05) is 38.1 Å². The van der Waals surface area contributed by atoms with E-state index in [0.717, 1.165) is 35.2 Å². The number of hydrogen-bond donors (Lipinski definition) is 2. The summed E-state index contributed by atoms with van der Waals surface area (Å²) in [6, 6.07) is 15.3. The zero-order valence-electron chi connectivity index (χ0n) is 17.3. The lowest BCUT2D eigenvalue weighted by molar-refractivity contribution is 0.0983. The zero-order valence-corrected chi connectivity index (χ0v) is 17.3. The van der Waals surface area contributed by atoms with Gasteiger partial charge in [0.05, 0.1) is 11.9 Å². The predicted molar refractivity (Wildman–Crippen MR) is 118 cm³/mol. The number of benzene rings is 1. The molecule has 3 aromatic rings. The quantitative estimate of drug-likeness (QED) is 0.542. The molecule has 6 heteroatoms. The topological polar surface area (TPSA) is 84.0 Å². The summed E-state index contributed by atoms with van der Waals surface area (Å²) in [5.41, 5.74) is 5.35. The van der Waals surface area contributed by atoms with Crippen molar-refractivity contribution in [3.8, 4) is 0 Å². The Bertz CT molecular complexity index is 998. The highest BCUT2D eigenvalue weighted by molar-refractivity contribution is 5.94. The van der Waals surface area contributed by atoms with Crippen LogP contribution in [-0.2, 0) is 19.4 Å². The smallest absolute Gasteiger partial charge is 0.319 e. The number of rotatable bonds is 8. The van der Waals surface area contributed by atoms with Crippen LogP contribution >= 0.6 is 0 Å². The summed E-state index contributed by atoms with van der Waals surface area (Å²) in [5.74, 6) is 0.0497. The van der Waals surface area contributed by atoms with Crippen LogP contribution in [0.3, 0.4) is 0 Å². The molecule has 0 saturated carbocycles. The number of nitrogens with one attached hydrogen (secondary N) is 2. The monoisotopic (exact) mass is 402 g/mol. The van der Waals surface area contributed by atoms with E-state index >= 15 is 0 Å². The number of carbonyl (C=O) groups excluding carboxylic acids is 2. The highest BCUT2D eigenvalue weighted by Gasteiger charge is 2.07. The van der Waals surface area contributed by atoms with Crippen LogP contribution in [0.1, 0.15) is 53.1 Å². The molecular formula is C24H26N4O2. The number of Topliss-reactive ketones (excluding diaryl/α,β-unsaturated/α-hetero) is 1. The number of aryl methyl sites for hydroxylation is 1. The lowest BCUT2D eigenvalue weighted by Crippen LogP contribution is -2.28. The van der Waals surface area contributed by atoms with Crippen LogP contribution in [-0.4, -0.2) is 21.8 Å². The van der Waals surface area contributed by atoms with Gasteiger partial charge in [0.25, 0.3) is 0 Å². The number of hydrogen-bond acceptors (Lipinski definition) is 4.